The first-order valence-corrected chi connectivity index (χ1v) is 8.40. The van der Waals surface area contributed by atoms with Gasteiger partial charge < -0.3 is 5.32 Å². The Hall–Kier alpha value is -2.66. The van der Waals surface area contributed by atoms with Gasteiger partial charge in [-0.1, -0.05) is 41.9 Å². The van der Waals surface area contributed by atoms with Crippen molar-refractivity contribution in [2.75, 3.05) is 13.1 Å². The predicted molar refractivity (Wildman–Crippen MR) is 94.6 cm³/mol. The minimum Gasteiger partial charge on any atom is -0.354 e. The average molecular weight is 357 g/mol. The molecule has 0 unspecified atom stereocenters. The molecule has 0 saturated carbocycles. The van der Waals surface area contributed by atoms with Crippen molar-refractivity contribution in [2.45, 2.75) is 12.8 Å². The quantitative estimate of drug-likeness (QED) is 0.809. The molecule has 0 saturated heterocycles. The molecule has 1 heterocycles. The number of nitrogens with one attached hydrogen (secondary N) is 1. The Kier molecular flexibility index (Phi) is 5.14. The number of carbonyl (C=O) groups excluding carboxylic acids is 3. The highest BCUT2D eigenvalue weighted by Gasteiger charge is 2.35. The highest BCUT2D eigenvalue weighted by Crippen LogP contribution is 2.25. The van der Waals surface area contributed by atoms with Crippen molar-refractivity contribution in [1.82, 2.24) is 10.2 Å². The van der Waals surface area contributed by atoms with Crippen molar-refractivity contribution in [3.8, 4) is 0 Å². The number of benzene rings is 2. The molecule has 0 fully saturated rings. The standard InChI is InChI=1S/C19H17ClN2O3/c20-14-7-8-15-16(12-14)19(25)22(18(15)24)11-10-21-17(23)9-6-13-4-2-1-3-5-13/h1-5,7-8,12H,6,9-11H2,(H,21,23). The Labute approximate surface area is 150 Å². The van der Waals surface area contributed by atoms with Crippen LogP contribution in [0.2, 0.25) is 5.02 Å². The van der Waals surface area contributed by atoms with Crippen molar-refractivity contribution in [2.24, 2.45) is 0 Å². The molecular formula is C19H17ClN2O3. The molecule has 0 spiro atoms. The predicted octanol–water partition coefficient (Wildman–Crippen LogP) is 2.69. The zero-order chi connectivity index (χ0) is 17.8. The van der Waals surface area contributed by atoms with Gasteiger partial charge in [-0.2, -0.15) is 0 Å². The van der Waals surface area contributed by atoms with Crippen molar-refractivity contribution >= 4 is 29.3 Å². The van der Waals surface area contributed by atoms with Gasteiger partial charge in [-0.25, -0.2) is 0 Å². The second kappa shape index (κ2) is 7.49. The van der Waals surface area contributed by atoms with E-state index in [-0.39, 0.29) is 30.8 Å². The van der Waals surface area contributed by atoms with Crippen LogP contribution in [0.3, 0.4) is 0 Å². The molecule has 1 aliphatic heterocycles. The van der Waals surface area contributed by atoms with Gasteiger partial charge in [-0.3, -0.25) is 19.3 Å². The van der Waals surface area contributed by atoms with E-state index in [1.165, 1.54) is 6.07 Å². The van der Waals surface area contributed by atoms with Crippen LogP contribution in [-0.2, 0) is 11.2 Å². The maximum absolute atomic E-state index is 12.3. The molecule has 128 valence electrons. The largest absolute Gasteiger partial charge is 0.354 e. The van der Waals surface area contributed by atoms with Crippen LogP contribution in [0, 0.1) is 0 Å². The summed E-state index contributed by atoms with van der Waals surface area (Å²) < 4.78 is 0. The second-order valence-corrected chi connectivity index (χ2v) is 6.22. The normalized spacial score (nSPS) is 13.1. The van der Waals surface area contributed by atoms with Crippen LogP contribution in [0.5, 0.6) is 0 Å². The van der Waals surface area contributed by atoms with E-state index in [0.717, 1.165) is 10.5 Å². The van der Waals surface area contributed by atoms with E-state index in [1.807, 2.05) is 30.3 Å². The van der Waals surface area contributed by atoms with Crippen LogP contribution in [-0.4, -0.2) is 35.7 Å². The number of hydrogen-bond acceptors (Lipinski definition) is 3. The van der Waals surface area contributed by atoms with Crippen LogP contribution in [0.4, 0.5) is 0 Å². The Morgan fingerprint density at radius 3 is 2.48 bits per heavy atom. The molecule has 1 N–H and O–H groups in total. The fourth-order valence-corrected chi connectivity index (χ4v) is 2.94. The maximum atomic E-state index is 12.3. The van der Waals surface area contributed by atoms with E-state index >= 15 is 0 Å². The molecule has 3 rings (SSSR count). The van der Waals surface area contributed by atoms with E-state index < -0.39 is 0 Å². The number of rotatable bonds is 6. The number of nitrogens with zero attached hydrogens (tertiary/aromatic N) is 1. The summed E-state index contributed by atoms with van der Waals surface area (Å²) in [5.74, 6) is -0.834. The zero-order valence-electron chi connectivity index (χ0n) is 13.5. The SMILES string of the molecule is O=C(CCc1ccccc1)NCCN1C(=O)c2ccc(Cl)cc2C1=O. The highest BCUT2D eigenvalue weighted by atomic mass is 35.5. The zero-order valence-corrected chi connectivity index (χ0v) is 14.3. The first-order chi connectivity index (χ1) is 12.1. The lowest BCUT2D eigenvalue weighted by molar-refractivity contribution is -0.121. The van der Waals surface area contributed by atoms with Gasteiger partial charge in [0, 0.05) is 24.5 Å². The summed E-state index contributed by atoms with van der Waals surface area (Å²) in [5, 5.41) is 3.16. The molecular weight excluding hydrogens is 340 g/mol. The summed E-state index contributed by atoms with van der Waals surface area (Å²) in [6.07, 6.45) is 1.01. The number of fused-ring (bicyclic) bond motifs is 1. The van der Waals surface area contributed by atoms with Gasteiger partial charge >= 0.3 is 0 Å². The Morgan fingerprint density at radius 2 is 1.72 bits per heavy atom. The smallest absolute Gasteiger partial charge is 0.261 e. The van der Waals surface area contributed by atoms with E-state index in [2.05, 4.69) is 5.32 Å². The van der Waals surface area contributed by atoms with Gasteiger partial charge in [-0.05, 0) is 30.2 Å². The Morgan fingerprint density at radius 1 is 1.00 bits per heavy atom. The fraction of sp³-hybridized carbons (Fsp3) is 0.211. The Balaban J connectivity index is 1.49. The number of imide groups is 1. The molecule has 1 aliphatic rings. The molecule has 0 aliphatic carbocycles. The fourth-order valence-electron chi connectivity index (χ4n) is 2.76. The first-order valence-electron chi connectivity index (χ1n) is 8.02. The minimum atomic E-state index is -0.374. The molecule has 0 aromatic heterocycles. The van der Waals surface area contributed by atoms with E-state index in [4.69, 9.17) is 11.6 Å². The minimum absolute atomic E-state index is 0.108. The maximum Gasteiger partial charge on any atom is 0.261 e. The molecule has 3 amide bonds. The molecule has 0 radical (unpaired) electrons. The van der Waals surface area contributed by atoms with Crippen molar-refractivity contribution in [3.63, 3.8) is 0 Å². The van der Waals surface area contributed by atoms with E-state index in [0.29, 0.717) is 29.0 Å². The first kappa shape index (κ1) is 17.2. The van der Waals surface area contributed by atoms with Crippen molar-refractivity contribution < 1.29 is 14.4 Å². The third-order valence-electron chi connectivity index (χ3n) is 4.07. The van der Waals surface area contributed by atoms with Gasteiger partial charge in [-0.15, -0.1) is 0 Å². The molecule has 0 bridgehead atoms. The lowest BCUT2D eigenvalue weighted by atomic mass is 10.1. The third kappa shape index (κ3) is 3.88. The number of carbonyl (C=O) groups is 3. The number of aryl methyl sites for hydroxylation is 1. The molecule has 25 heavy (non-hydrogen) atoms. The van der Waals surface area contributed by atoms with Crippen LogP contribution in [0.1, 0.15) is 32.7 Å². The average Bonchev–Trinajstić information content (AvgIpc) is 2.85. The second-order valence-electron chi connectivity index (χ2n) is 5.79. The molecule has 0 atom stereocenters. The van der Waals surface area contributed by atoms with Gasteiger partial charge in [0.1, 0.15) is 0 Å². The number of amides is 3. The lowest BCUT2D eigenvalue weighted by Gasteiger charge is -2.14. The van der Waals surface area contributed by atoms with Crippen molar-refractivity contribution in [3.05, 3.63) is 70.2 Å². The summed E-state index contributed by atoms with van der Waals surface area (Å²) >= 11 is 5.88. The number of hydrogen-bond donors (Lipinski definition) is 1. The van der Waals surface area contributed by atoms with Crippen LogP contribution >= 0.6 is 11.6 Å². The Bertz CT molecular complexity index is 821. The number of halogens is 1. The lowest BCUT2D eigenvalue weighted by Crippen LogP contribution is -2.38. The van der Waals surface area contributed by atoms with E-state index in [1.54, 1.807) is 12.1 Å². The summed E-state index contributed by atoms with van der Waals surface area (Å²) in [7, 11) is 0. The van der Waals surface area contributed by atoms with Gasteiger partial charge in [0.25, 0.3) is 11.8 Å². The highest BCUT2D eigenvalue weighted by molar-refractivity contribution is 6.32. The van der Waals surface area contributed by atoms with Crippen LogP contribution < -0.4 is 5.32 Å². The third-order valence-corrected chi connectivity index (χ3v) is 4.31. The van der Waals surface area contributed by atoms with E-state index in [9.17, 15) is 14.4 Å². The molecule has 5 nitrogen and oxygen atoms in total. The summed E-state index contributed by atoms with van der Waals surface area (Å²) in [5.41, 5.74) is 1.76. The summed E-state index contributed by atoms with van der Waals surface area (Å²) in [6.45, 7) is 0.369. The summed E-state index contributed by atoms with van der Waals surface area (Å²) in [6, 6.07) is 14.4. The topological polar surface area (TPSA) is 66.5 Å². The van der Waals surface area contributed by atoms with Gasteiger partial charge in [0.05, 0.1) is 11.1 Å². The van der Waals surface area contributed by atoms with Crippen LogP contribution in [0.15, 0.2) is 48.5 Å². The monoisotopic (exact) mass is 356 g/mol. The summed E-state index contributed by atoms with van der Waals surface area (Å²) in [4.78, 5) is 37.6. The van der Waals surface area contributed by atoms with Gasteiger partial charge in [0.15, 0.2) is 0 Å². The molecule has 2 aromatic carbocycles. The molecule has 2 aromatic rings. The molecule has 6 heteroatoms. The van der Waals surface area contributed by atoms with Gasteiger partial charge in [0.2, 0.25) is 5.91 Å². The van der Waals surface area contributed by atoms with Crippen molar-refractivity contribution in [1.29, 1.82) is 0 Å². The van der Waals surface area contributed by atoms with Crippen LogP contribution in [0.25, 0.3) is 0 Å².